The highest BCUT2D eigenvalue weighted by Gasteiger charge is 2.15. The third kappa shape index (κ3) is 16.3. The minimum atomic E-state index is -4.54. The van der Waals surface area contributed by atoms with Crippen molar-refractivity contribution in [2.75, 3.05) is 0 Å². The van der Waals surface area contributed by atoms with E-state index in [4.69, 9.17) is 9.79 Å². The highest BCUT2D eigenvalue weighted by Crippen LogP contribution is 2.37. The summed E-state index contributed by atoms with van der Waals surface area (Å²) in [6, 6.07) is 6.55. The molecule has 0 heterocycles. The largest absolute Gasteiger partial charge is 0.524 e. The molecule has 0 bridgehead atoms. The summed E-state index contributed by atoms with van der Waals surface area (Å²) in [4.78, 5) is 29.8. The van der Waals surface area contributed by atoms with E-state index in [2.05, 4.69) is 16.8 Å². The zero-order valence-corrected chi connectivity index (χ0v) is 21.0. The summed E-state index contributed by atoms with van der Waals surface area (Å²) < 4.78 is 15.4. The second-order valence-electron chi connectivity index (χ2n) is 8.89. The Hall–Kier alpha value is -1.36. The van der Waals surface area contributed by atoms with Gasteiger partial charge in [0.05, 0.1) is 0 Å². The van der Waals surface area contributed by atoms with E-state index in [0.29, 0.717) is 12.8 Å². The molecule has 1 amide bonds. The van der Waals surface area contributed by atoms with Gasteiger partial charge in [-0.25, -0.2) is 4.57 Å². The van der Waals surface area contributed by atoms with Crippen LogP contribution in [-0.2, 0) is 15.8 Å². The van der Waals surface area contributed by atoms with Gasteiger partial charge in [-0.15, -0.1) is 0 Å². The highest BCUT2D eigenvalue weighted by atomic mass is 31.2. The lowest BCUT2D eigenvalue weighted by Crippen LogP contribution is -2.33. The van der Waals surface area contributed by atoms with Crippen LogP contribution in [0.4, 0.5) is 0 Å². The third-order valence-electron chi connectivity index (χ3n) is 5.60. The van der Waals surface area contributed by atoms with Gasteiger partial charge in [0.2, 0.25) is 5.91 Å². The molecule has 0 radical (unpaired) electrons. The molecule has 0 unspecified atom stereocenters. The van der Waals surface area contributed by atoms with Gasteiger partial charge in [0.15, 0.2) is 0 Å². The summed E-state index contributed by atoms with van der Waals surface area (Å²) in [6.45, 7) is 4.22. The molecule has 0 fully saturated rings. The fourth-order valence-electron chi connectivity index (χ4n) is 3.88. The van der Waals surface area contributed by atoms with E-state index >= 15 is 0 Å². The van der Waals surface area contributed by atoms with E-state index in [9.17, 15) is 9.36 Å². The Bertz CT molecular complexity index is 659. The monoisotopic (exact) mass is 469 g/mol. The maximum atomic E-state index is 12.1. The predicted molar refractivity (Wildman–Crippen MR) is 131 cm³/mol. The number of unbranched alkanes of at least 4 members (excludes halogenated alkanes) is 12. The van der Waals surface area contributed by atoms with Gasteiger partial charge >= 0.3 is 7.82 Å². The fraction of sp³-hybridized carbons (Fsp3) is 0.720. The van der Waals surface area contributed by atoms with Crippen LogP contribution >= 0.6 is 7.82 Å². The Kier molecular flexibility index (Phi) is 15.4. The lowest BCUT2D eigenvalue weighted by molar-refractivity contribution is -0.121. The number of benzene rings is 1. The Morgan fingerprint density at radius 3 is 1.81 bits per heavy atom. The van der Waals surface area contributed by atoms with E-state index in [1.807, 2.05) is 6.92 Å². The highest BCUT2D eigenvalue weighted by molar-refractivity contribution is 7.46. The molecule has 184 valence electrons. The molecular weight excluding hydrogens is 425 g/mol. The van der Waals surface area contributed by atoms with Crippen molar-refractivity contribution in [1.82, 2.24) is 5.32 Å². The Morgan fingerprint density at radius 2 is 1.34 bits per heavy atom. The first-order chi connectivity index (χ1) is 15.3. The molecule has 0 saturated heterocycles. The fourth-order valence-corrected chi connectivity index (χ4v) is 4.27. The molecule has 3 N–H and O–H groups in total. The minimum Gasteiger partial charge on any atom is -0.404 e. The van der Waals surface area contributed by atoms with Crippen LogP contribution in [0.15, 0.2) is 24.3 Å². The normalized spacial score (nSPS) is 12.5. The van der Waals surface area contributed by atoms with E-state index in [1.165, 1.54) is 82.8 Å². The molecular formula is C25H44NO5P. The van der Waals surface area contributed by atoms with Crippen LogP contribution in [0.2, 0.25) is 0 Å². The molecule has 1 aromatic rings. The molecule has 1 atom stereocenters. The van der Waals surface area contributed by atoms with Gasteiger partial charge in [-0.05, 0) is 37.5 Å². The number of hydrogen-bond acceptors (Lipinski definition) is 3. The zero-order valence-electron chi connectivity index (χ0n) is 20.1. The first-order valence-electron chi connectivity index (χ1n) is 12.4. The number of carbonyl (C=O) groups excluding carboxylic acids is 1. The van der Waals surface area contributed by atoms with Crippen LogP contribution in [-0.4, -0.2) is 21.7 Å². The number of phosphoric acid groups is 1. The van der Waals surface area contributed by atoms with E-state index in [1.54, 1.807) is 12.1 Å². The quantitative estimate of drug-likeness (QED) is 0.155. The van der Waals surface area contributed by atoms with Crippen molar-refractivity contribution in [1.29, 1.82) is 0 Å². The standard InChI is InChI=1S/C25H44NO5P/c1-3-4-5-6-7-8-9-10-11-12-13-14-15-16-25(27)26-22(2)21-23-17-19-24(20-18-23)31-32(28,29)30/h17-20,22H,3-16,21H2,1-2H3,(H,26,27)(H2,28,29,30)/t22-/m1/s1. The predicted octanol–water partition coefficient (Wildman–Crippen LogP) is 6.69. The second-order valence-corrected chi connectivity index (χ2v) is 10.1. The van der Waals surface area contributed by atoms with Gasteiger partial charge < -0.3 is 9.84 Å². The molecule has 1 aromatic carbocycles. The van der Waals surface area contributed by atoms with Crippen LogP contribution in [0.3, 0.4) is 0 Å². The average molecular weight is 470 g/mol. The van der Waals surface area contributed by atoms with Crippen molar-refractivity contribution in [3.8, 4) is 5.75 Å². The number of nitrogens with one attached hydrogen (secondary N) is 1. The van der Waals surface area contributed by atoms with Crippen molar-refractivity contribution in [3.05, 3.63) is 29.8 Å². The Labute approximate surface area is 194 Å². The van der Waals surface area contributed by atoms with Gasteiger partial charge in [0.25, 0.3) is 0 Å². The number of amides is 1. The summed E-state index contributed by atoms with van der Waals surface area (Å²) in [7, 11) is -4.54. The number of rotatable bonds is 19. The zero-order chi connectivity index (χ0) is 23.7. The van der Waals surface area contributed by atoms with Crippen molar-refractivity contribution >= 4 is 13.7 Å². The van der Waals surface area contributed by atoms with Gasteiger partial charge in [-0.2, -0.15) is 0 Å². The third-order valence-corrected chi connectivity index (χ3v) is 6.05. The molecule has 0 spiro atoms. The minimum absolute atomic E-state index is 0.00183. The van der Waals surface area contributed by atoms with Gasteiger partial charge in [-0.1, -0.05) is 96.1 Å². The van der Waals surface area contributed by atoms with Crippen LogP contribution in [0.1, 0.15) is 109 Å². The van der Waals surface area contributed by atoms with E-state index in [0.717, 1.165) is 18.4 Å². The topological polar surface area (TPSA) is 95.9 Å². The first kappa shape index (κ1) is 28.7. The summed E-state index contributed by atoms with van der Waals surface area (Å²) >= 11 is 0. The van der Waals surface area contributed by atoms with Crippen LogP contribution in [0.25, 0.3) is 0 Å². The molecule has 6 nitrogen and oxygen atoms in total. The van der Waals surface area contributed by atoms with Gasteiger partial charge in [-0.3, -0.25) is 14.6 Å². The lowest BCUT2D eigenvalue weighted by atomic mass is 10.0. The van der Waals surface area contributed by atoms with Gasteiger partial charge in [0.1, 0.15) is 5.75 Å². The first-order valence-corrected chi connectivity index (χ1v) is 14.0. The van der Waals surface area contributed by atoms with Crippen molar-refractivity contribution in [3.63, 3.8) is 0 Å². The Balaban J connectivity index is 2.02. The summed E-state index contributed by atoms with van der Waals surface area (Å²) in [6.07, 6.45) is 18.0. The molecule has 0 aliphatic carbocycles. The Morgan fingerprint density at radius 1 is 0.875 bits per heavy atom. The van der Waals surface area contributed by atoms with Gasteiger partial charge in [0, 0.05) is 12.5 Å². The molecule has 32 heavy (non-hydrogen) atoms. The number of hydrogen-bond donors (Lipinski definition) is 3. The maximum absolute atomic E-state index is 12.1. The van der Waals surface area contributed by atoms with E-state index < -0.39 is 7.82 Å². The van der Waals surface area contributed by atoms with Crippen molar-refractivity contribution < 1.29 is 23.7 Å². The van der Waals surface area contributed by atoms with E-state index in [-0.39, 0.29) is 17.7 Å². The smallest absolute Gasteiger partial charge is 0.404 e. The summed E-state index contributed by atoms with van der Waals surface area (Å²) in [5.74, 6) is 0.211. The molecule has 1 rings (SSSR count). The summed E-state index contributed by atoms with van der Waals surface area (Å²) in [5, 5.41) is 3.03. The van der Waals surface area contributed by atoms with Crippen LogP contribution in [0.5, 0.6) is 5.75 Å². The lowest BCUT2D eigenvalue weighted by Gasteiger charge is -2.14. The molecule has 0 aromatic heterocycles. The van der Waals surface area contributed by atoms with Crippen molar-refractivity contribution in [2.45, 2.75) is 116 Å². The maximum Gasteiger partial charge on any atom is 0.524 e. The SMILES string of the molecule is CCCCCCCCCCCCCCCC(=O)N[C@H](C)Cc1ccc(OP(=O)(O)O)cc1. The number of carbonyl (C=O) groups is 1. The van der Waals surface area contributed by atoms with Crippen molar-refractivity contribution in [2.24, 2.45) is 0 Å². The number of phosphoric ester groups is 1. The molecule has 7 heteroatoms. The second kappa shape index (κ2) is 17.2. The van der Waals surface area contributed by atoms with Crippen LogP contribution < -0.4 is 9.84 Å². The molecule has 0 aliphatic rings. The molecule has 0 saturated carbocycles. The van der Waals surface area contributed by atoms with Crippen LogP contribution in [0, 0.1) is 0 Å². The summed E-state index contributed by atoms with van der Waals surface area (Å²) in [5.41, 5.74) is 0.969. The average Bonchev–Trinajstić information content (AvgIpc) is 2.71. The molecule has 0 aliphatic heterocycles.